The number of anilines is 1. The number of hydrogen-bond acceptors (Lipinski definition) is 5. The van der Waals surface area contributed by atoms with Crippen LogP contribution in [0.3, 0.4) is 0 Å². The number of aliphatic imine (C=N–C) groups is 1. The average molecular weight is 640 g/mol. The molecule has 1 fully saturated rings. The molecule has 0 aliphatic carbocycles. The third-order valence-electron chi connectivity index (χ3n) is 5.26. The van der Waals surface area contributed by atoms with E-state index in [2.05, 4.69) is 31.9 Å². The molecule has 36 heavy (non-hydrogen) atoms. The number of hydrogen-bond donors (Lipinski definition) is 1. The third kappa shape index (κ3) is 5.39. The predicted molar refractivity (Wildman–Crippen MR) is 155 cm³/mol. The average Bonchev–Trinajstić information content (AvgIpc) is 3.46. The van der Waals surface area contributed by atoms with Crippen molar-refractivity contribution in [1.29, 1.82) is 0 Å². The van der Waals surface area contributed by atoms with Crippen molar-refractivity contribution in [2.45, 2.75) is 0 Å². The maximum atomic E-state index is 13.5. The van der Waals surface area contributed by atoms with Crippen LogP contribution in [0.1, 0.15) is 15.2 Å². The second-order valence-electron chi connectivity index (χ2n) is 7.68. The number of thioether (sulfide) groups is 1. The molecule has 1 N–H and O–H groups in total. The summed E-state index contributed by atoms with van der Waals surface area (Å²) in [5.41, 5.74) is 2.66. The third-order valence-corrected chi connectivity index (χ3v) is 8.37. The van der Waals surface area contributed by atoms with Gasteiger partial charge in [0.1, 0.15) is 0 Å². The van der Waals surface area contributed by atoms with Gasteiger partial charge in [0.25, 0.3) is 5.91 Å². The summed E-state index contributed by atoms with van der Waals surface area (Å²) in [6.45, 7) is 0. The number of carboxylic acid groups (broad SMARTS) is 1. The molecule has 0 unspecified atom stereocenters. The second-order valence-corrected chi connectivity index (χ2v) is 11.6. The van der Waals surface area contributed by atoms with Gasteiger partial charge in [-0.2, -0.15) is 0 Å². The second kappa shape index (κ2) is 10.6. The number of halogens is 2. The maximum absolute atomic E-state index is 13.5. The Balaban J connectivity index is 1.48. The maximum Gasteiger partial charge on any atom is 0.335 e. The van der Waals surface area contributed by atoms with E-state index in [1.807, 2.05) is 66.7 Å². The first-order valence-corrected chi connectivity index (χ1v) is 13.9. The Morgan fingerprint density at radius 3 is 2.14 bits per heavy atom. The van der Waals surface area contributed by atoms with Crippen molar-refractivity contribution in [3.63, 3.8) is 0 Å². The Hall–Kier alpha value is -2.98. The zero-order valence-electron chi connectivity index (χ0n) is 18.4. The first-order chi connectivity index (χ1) is 17.4. The Morgan fingerprint density at radius 1 is 0.861 bits per heavy atom. The van der Waals surface area contributed by atoms with Gasteiger partial charge in [0.2, 0.25) is 0 Å². The van der Waals surface area contributed by atoms with Crippen LogP contribution in [0.2, 0.25) is 0 Å². The molecule has 0 atom stereocenters. The zero-order valence-corrected chi connectivity index (χ0v) is 23.2. The van der Waals surface area contributed by atoms with E-state index in [-0.39, 0.29) is 11.5 Å². The molecule has 1 amide bonds. The molecule has 0 saturated carbocycles. The van der Waals surface area contributed by atoms with Crippen molar-refractivity contribution < 1.29 is 14.7 Å². The molecule has 0 spiro atoms. The normalized spacial score (nSPS) is 15.7. The van der Waals surface area contributed by atoms with Gasteiger partial charge in [-0.1, -0.05) is 44.0 Å². The van der Waals surface area contributed by atoms with Gasteiger partial charge in [-0.3, -0.25) is 9.69 Å². The summed E-state index contributed by atoms with van der Waals surface area (Å²) in [5.74, 6) is -1.09. The van der Waals surface area contributed by atoms with Gasteiger partial charge in [0, 0.05) is 18.7 Å². The molecule has 3 aromatic carbocycles. The molecule has 5 nitrogen and oxygen atoms in total. The highest BCUT2D eigenvalue weighted by Gasteiger charge is 2.35. The molecule has 0 radical (unpaired) electrons. The van der Waals surface area contributed by atoms with Gasteiger partial charge in [0.15, 0.2) is 5.17 Å². The molecular formula is C27H16Br2N2O3S2. The van der Waals surface area contributed by atoms with Crippen molar-refractivity contribution in [3.8, 4) is 10.4 Å². The van der Waals surface area contributed by atoms with Crippen LogP contribution in [-0.4, -0.2) is 22.2 Å². The highest BCUT2D eigenvalue weighted by molar-refractivity contribution is 9.10. The number of carbonyl (C=O) groups is 2. The standard InChI is InChI=1S/C27H16Br2N2O3S2/c28-18-5-9-20(10-6-18)30-27-31(21-11-7-19(29)8-12-21)25(32)24(36-27)15-22-13-14-23(35-22)16-1-3-17(4-2-16)26(33)34/h1-15H,(H,33,34)/b24-15-,30-27?. The summed E-state index contributed by atoms with van der Waals surface area (Å²) in [6, 6.07) is 25.9. The van der Waals surface area contributed by atoms with Gasteiger partial charge in [0.05, 0.1) is 21.8 Å². The van der Waals surface area contributed by atoms with E-state index >= 15 is 0 Å². The highest BCUT2D eigenvalue weighted by Crippen LogP contribution is 2.39. The minimum Gasteiger partial charge on any atom is -0.478 e. The number of amidine groups is 1. The number of benzene rings is 3. The predicted octanol–water partition coefficient (Wildman–Crippen LogP) is 8.45. The fourth-order valence-corrected chi connectivity index (χ4v) is 6.04. The van der Waals surface area contributed by atoms with E-state index in [9.17, 15) is 9.59 Å². The first-order valence-electron chi connectivity index (χ1n) is 10.6. The van der Waals surface area contributed by atoms with Gasteiger partial charge < -0.3 is 5.11 Å². The lowest BCUT2D eigenvalue weighted by Gasteiger charge is -2.15. The smallest absolute Gasteiger partial charge is 0.335 e. The van der Waals surface area contributed by atoms with Crippen LogP contribution in [0, 0.1) is 0 Å². The van der Waals surface area contributed by atoms with Gasteiger partial charge in [-0.25, -0.2) is 9.79 Å². The van der Waals surface area contributed by atoms with Crippen LogP contribution < -0.4 is 4.90 Å². The molecule has 9 heteroatoms. The summed E-state index contributed by atoms with van der Waals surface area (Å²) in [4.78, 5) is 33.5. The van der Waals surface area contributed by atoms with Crippen LogP contribution in [-0.2, 0) is 4.79 Å². The summed E-state index contributed by atoms with van der Waals surface area (Å²) in [6.07, 6.45) is 1.88. The van der Waals surface area contributed by atoms with Crippen molar-refractivity contribution in [1.82, 2.24) is 0 Å². The Bertz CT molecular complexity index is 1510. The molecule has 1 saturated heterocycles. The van der Waals surface area contributed by atoms with E-state index in [1.165, 1.54) is 23.1 Å². The zero-order chi connectivity index (χ0) is 25.2. The molecule has 178 valence electrons. The number of carboxylic acids is 1. The van der Waals surface area contributed by atoms with Gasteiger partial charge in [-0.05, 0) is 96.2 Å². The lowest BCUT2D eigenvalue weighted by molar-refractivity contribution is -0.113. The van der Waals surface area contributed by atoms with Gasteiger partial charge >= 0.3 is 5.97 Å². The monoisotopic (exact) mass is 638 g/mol. The quantitative estimate of drug-likeness (QED) is 0.223. The first kappa shape index (κ1) is 24.7. The Morgan fingerprint density at radius 2 is 1.50 bits per heavy atom. The number of amides is 1. The minimum atomic E-state index is -0.953. The van der Waals surface area contributed by atoms with Crippen molar-refractivity contribution in [2.75, 3.05) is 4.90 Å². The highest BCUT2D eigenvalue weighted by atomic mass is 79.9. The van der Waals surface area contributed by atoms with Gasteiger partial charge in [-0.15, -0.1) is 11.3 Å². The van der Waals surface area contributed by atoms with E-state index in [0.717, 1.165) is 35.6 Å². The molecule has 4 aromatic rings. The molecule has 2 heterocycles. The molecular weight excluding hydrogens is 624 g/mol. The van der Waals surface area contributed by atoms with E-state index in [0.29, 0.717) is 10.1 Å². The lowest BCUT2D eigenvalue weighted by Crippen LogP contribution is -2.28. The van der Waals surface area contributed by atoms with Crippen molar-refractivity contribution in [2.24, 2.45) is 4.99 Å². The fourth-order valence-electron chi connectivity index (χ4n) is 3.48. The fraction of sp³-hybridized carbons (Fsp3) is 0. The largest absolute Gasteiger partial charge is 0.478 e. The van der Waals surface area contributed by atoms with Crippen LogP contribution in [0.15, 0.2) is 104 Å². The van der Waals surface area contributed by atoms with Crippen LogP contribution >= 0.6 is 55.0 Å². The summed E-state index contributed by atoms with van der Waals surface area (Å²) < 4.78 is 1.88. The van der Waals surface area contributed by atoms with Crippen molar-refractivity contribution >= 4 is 89.5 Å². The topological polar surface area (TPSA) is 70.0 Å². The van der Waals surface area contributed by atoms with Crippen LogP contribution in [0.5, 0.6) is 0 Å². The van der Waals surface area contributed by atoms with E-state index < -0.39 is 5.97 Å². The molecule has 1 aliphatic rings. The molecule has 5 rings (SSSR count). The number of carbonyl (C=O) groups excluding carboxylic acids is 1. The number of thiophene rings is 1. The number of nitrogens with zero attached hydrogens (tertiary/aromatic N) is 2. The van der Waals surface area contributed by atoms with E-state index in [4.69, 9.17) is 10.1 Å². The molecule has 0 bridgehead atoms. The minimum absolute atomic E-state index is 0.140. The van der Waals surface area contributed by atoms with Crippen LogP contribution in [0.4, 0.5) is 11.4 Å². The molecule has 1 aromatic heterocycles. The molecule has 1 aliphatic heterocycles. The summed E-state index contributed by atoms with van der Waals surface area (Å²) >= 11 is 9.76. The van der Waals surface area contributed by atoms with E-state index in [1.54, 1.807) is 29.2 Å². The number of rotatable bonds is 5. The lowest BCUT2D eigenvalue weighted by atomic mass is 10.1. The summed E-state index contributed by atoms with van der Waals surface area (Å²) in [7, 11) is 0. The van der Waals surface area contributed by atoms with Crippen LogP contribution in [0.25, 0.3) is 16.5 Å². The SMILES string of the molecule is O=C(O)c1ccc(-c2ccc(/C=C3\SC(=Nc4ccc(Br)cc4)N(c4ccc(Br)cc4)C3=O)s2)cc1. The Labute approximate surface area is 232 Å². The Kier molecular flexibility index (Phi) is 7.25. The number of aromatic carboxylic acids is 1. The van der Waals surface area contributed by atoms with Crippen molar-refractivity contribution in [3.05, 3.63) is 109 Å². The summed E-state index contributed by atoms with van der Waals surface area (Å²) in [5, 5.41) is 9.70.